The molecule has 0 spiro atoms. The minimum atomic E-state index is -0.568. The van der Waals surface area contributed by atoms with Crippen LogP contribution in [0.4, 0.5) is 4.79 Å². The summed E-state index contributed by atoms with van der Waals surface area (Å²) >= 11 is 0. The lowest BCUT2D eigenvalue weighted by Crippen LogP contribution is -2.34. The van der Waals surface area contributed by atoms with Crippen molar-refractivity contribution >= 4 is 16.9 Å². The number of rotatable bonds is 6. The molecule has 0 saturated heterocycles. The van der Waals surface area contributed by atoms with E-state index in [2.05, 4.69) is 10.3 Å². The Bertz CT molecular complexity index is 1080. The first-order chi connectivity index (χ1) is 14.3. The highest BCUT2D eigenvalue weighted by Crippen LogP contribution is 2.34. The molecule has 7 heteroatoms. The second-order valence-corrected chi connectivity index (χ2v) is 7.71. The Kier molecular flexibility index (Phi) is 6.30. The molecule has 1 aromatic heterocycles. The van der Waals surface area contributed by atoms with Crippen LogP contribution >= 0.6 is 0 Å². The first-order valence-electron chi connectivity index (χ1n) is 9.67. The van der Waals surface area contributed by atoms with Crippen LogP contribution in [0.1, 0.15) is 20.8 Å². The molecule has 0 unspecified atom stereocenters. The summed E-state index contributed by atoms with van der Waals surface area (Å²) in [5.74, 6) is 1.26. The number of aromatic nitrogens is 1. The minimum Gasteiger partial charge on any atom is -0.497 e. The summed E-state index contributed by atoms with van der Waals surface area (Å²) in [5, 5.41) is 3.90. The van der Waals surface area contributed by atoms with E-state index in [9.17, 15) is 9.59 Å². The normalized spacial score (nSPS) is 11.2. The van der Waals surface area contributed by atoms with E-state index in [-0.39, 0.29) is 18.7 Å². The molecule has 0 aliphatic heterocycles. The van der Waals surface area contributed by atoms with Gasteiger partial charge in [-0.1, -0.05) is 18.2 Å². The summed E-state index contributed by atoms with van der Waals surface area (Å²) in [6, 6.07) is 14.6. The summed E-state index contributed by atoms with van der Waals surface area (Å²) in [7, 11) is 1.60. The average Bonchev–Trinajstić information content (AvgIpc) is 2.71. The van der Waals surface area contributed by atoms with Crippen LogP contribution in [0, 0.1) is 0 Å². The standard InChI is InChI=1S/C23H26N2O5/c1-23(2,3)30-22(27)24-13-14-29-20-17-7-5-6-8-18(17)21(26)25-19(20)15-9-11-16(28-4)12-10-15/h5-12H,13-14H2,1-4H3,(H,24,27)(H,25,26). The number of amides is 1. The summed E-state index contributed by atoms with van der Waals surface area (Å²) in [6.45, 7) is 5.87. The van der Waals surface area contributed by atoms with Gasteiger partial charge in [-0.3, -0.25) is 4.79 Å². The number of nitrogens with one attached hydrogen (secondary N) is 2. The second kappa shape index (κ2) is 8.90. The predicted octanol–water partition coefficient (Wildman–Crippen LogP) is 4.11. The summed E-state index contributed by atoms with van der Waals surface area (Å²) in [6.07, 6.45) is -0.507. The third kappa shape index (κ3) is 5.11. The smallest absolute Gasteiger partial charge is 0.407 e. The lowest BCUT2D eigenvalue weighted by molar-refractivity contribution is 0.0520. The van der Waals surface area contributed by atoms with Gasteiger partial charge in [-0.05, 0) is 51.1 Å². The number of hydrogen-bond acceptors (Lipinski definition) is 5. The Balaban J connectivity index is 1.87. The number of H-pyrrole nitrogens is 1. The molecule has 3 rings (SSSR count). The number of benzene rings is 2. The number of ether oxygens (including phenoxy) is 3. The summed E-state index contributed by atoms with van der Waals surface area (Å²) in [4.78, 5) is 27.3. The number of fused-ring (bicyclic) bond motifs is 1. The van der Waals surface area contributed by atoms with E-state index < -0.39 is 11.7 Å². The zero-order chi connectivity index (χ0) is 21.7. The van der Waals surface area contributed by atoms with Gasteiger partial charge in [-0.25, -0.2) is 4.79 Å². The van der Waals surface area contributed by atoms with E-state index in [4.69, 9.17) is 14.2 Å². The van der Waals surface area contributed by atoms with E-state index in [1.54, 1.807) is 40.0 Å². The van der Waals surface area contributed by atoms with Crippen LogP contribution < -0.4 is 20.3 Å². The Morgan fingerprint density at radius 2 is 1.70 bits per heavy atom. The van der Waals surface area contributed by atoms with E-state index in [1.165, 1.54) is 0 Å². The van der Waals surface area contributed by atoms with Crippen molar-refractivity contribution in [2.24, 2.45) is 0 Å². The van der Waals surface area contributed by atoms with Crippen molar-refractivity contribution in [3.05, 3.63) is 58.9 Å². The van der Waals surface area contributed by atoms with Gasteiger partial charge in [0, 0.05) is 10.9 Å². The molecule has 7 nitrogen and oxygen atoms in total. The number of methoxy groups -OCH3 is 1. The van der Waals surface area contributed by atoms with Crippen LogP contribution in [0.2, 0.25) is 0 Å². The number of alkyl carbamates (subject to hydrolysis) is 1. The third-order valence-corrected chi connectivity index (χ3v) is 4.28. The molecule has 0 aliphatic carbocycles. The maximum absolute atomic E-state index is 12.6. The highest BCUT2D eigenvalue weighted by atomic mass is 16.6. The molecule has 0 radical (unpaired) electrons. The zero-order valence-electron chi connectivity index (χ0n) is 17.6. The fourth-order valence-corrected chi connectivity index (χ4v) is 2.98. The van der Waals surface area contributed by atoms with E-state index in [0.717, 1.165) is 5.56 Å². The molecule has 0 saturated carbocycles. The molecular weight excluding hydrogens is 384 g/mol. The van der Waals surface area contributed by atoms with Gasteiger partial charge < -0.3 is 24.5 Å². The molecule has 0 fully saturated rings. The molecule has 158 valence electrons. The van der Waals surface area contributed by atoms with E-state index >= 15 is 0 Å². The van der Waals surface area contributed by atoms with E-state index in [0.29, 0.717) is 28.0 Å². The van der Waals surface area contributed by atoms with Crippen molar-refractivity contribution < 1.29 is 19.0 Å². The monoisotopic (exact) mass is 410 g/mol. The van der Waals surface area contributed by atoms with Crippen molar-refractivity contribution in [2.75, 3.05) is 20.3 Å². The molecule has 30 heavy (non-hydrogen) atoms. The van der Waals surface area contributed by atoms with Crippen molar-refractivity contribution in [2.45, 2.75) is 26.4 Å². The molecule has 0 aliphatic rings. The number of carbonyl (C=O) groups excluding carboxylic acids is 1. The Hall–Kier alpha value is -3.48. The molecule has 2 aromatic carbocycles. The second-order valence-electron chi connectivity index (χ2n) is 7.71. The fraction of sp³-hybridized carbons (Fsp3) is 0.304. The summed E-state index contributed by atoms with van der Waals surface area (Å²) in [5.41, 5.74) is 0.588. The highest BCUT2D eigenvalue weighted by Gasteiger charge is 2.17. The van der Waals surface area contributed by atoms with Crippen molar-refractivity contribution in [1.82, 2.24) is 10.3 Å². The van der Waals surface area contributed by atoms with Crippen LogP contribution in [-0.2, 0) is 4.74 Å². The maximum Gasteiger partial charge on any atom is 0.407 e. The van der Waals surface area contributed by atoms with Crippen molar-refractivity contribution in [3.63, 3.8) is 0 Å². The highest BCUT2D eigenvalue weighted by molar-refractivity contribution is 5.92. The molecule has 0 atom stereocenters. The van der Waals surface area contributed by atoms with Gasteiger partial charge in [0.05, 0.1) is 24.7 Å². The van der Waals surface area contributed by atoms with Crippen molar-refractivity contribution in [3.8, 4) is 22.8 Å². The Labute approximate surface area is 175 Å². The van der Waals surface area contributed by atoms with Crippen LogP contribution in [0.25, 0.3) is 22.0 Å². The SMILES string of the molecule is COc1ccc(-c2[nH]c(=O)c3ccccc3c2OCCNC(=O)OC(C)(C)C)cc1. The molecule has 3 aromatic rings. The predicted molar refractivity (Wildman–Crippen MR) is 116 cm³/mol. The first-order valence-corrected chi connectivity index (χ1v) is 9.67. The molecule has 0 bridgehead atoms. The summed E-state index contributed by atoms with van der Waals surface area (Å²) < 4.78 is 16.5. The third-order valence-electron chi connectivity index (χ3n) is 4.28. The number of carbonyl (C=O) groups is 1. The number of pyridine rings is 1. The van der Waals surface area contributed by atoms with Gasteiger partial charge >= 0.3 is 6.09 Å². The van der Waals surface area contributed by atoms with Crippen LogP contribution in [-0.4, -0.2) is 36.9 Å². The Morgan fingerprint density at radius 3 is 2.33 bits per heavy atom. The minimum absolute atomic E-state index is 0.198. The van der Waals surface area contributed by atoms with Crippen LogP contribution in [0.5, 0.6) is 11.5 Å². The first kappa shape index (κ1) is 21.2. The van der Waals surface area contributed by atoms with Gasteiger partial charge in [-0.2, -0.15) is 0 Å². The number of hydrogen-bond donors (Lipinski definition) is 2. The van der Waals surface area contributed by atoms with Crippen LogP contribution in [0.15, 0.2) is 53.3 Å². The lowest BCUT2D eigenvalue weighted by Gasteiger charge is -2.20. The quantitative estimate of drug-likeness (QED) is 0.597. The van der Waals surface area contributed by atoms with Gasteiger partial charge in [0.15, 0.2) is 5.75 Å². The largest absolute Gasteiger partial charge is 0.497 e. The van der Waals surface area contributed by atoms with Gasteiger partial charge in [0.2, 0.25) is 0 Å². The topological polar surface area (TPSA) is 89.7 Å². The zero-order valence-corrected chi connectivity index (χ0v) is 17.6. The molecule has 1 amide bonds. The average molecular weight is 410 g/mol. The maximum atomic E-state index is 12.6. The van der Waals surface area contributed by atoms with Crippen LogP contribution in [0.3, 0.4) is 0 Å². The van der Waals surface area contributed by atoms with E-state index in [1.807, 2.05) is 36.4 Å². The lowest BCUT2D eigenvalue weighted by atomic mass is 10.1. The number of aromatic amines is 1. The molecule has 2 N–H and O–H groups in total. The fourth-order valence-electron chi connectivity index (χ4n) is 2.98. The van der Waals surface area contributed by atoms with Gasteiger partial charge in [0.1, 0.15) is 18.0 Å². The van der Waals surface area contributed by atoms with Gasteiger partial charge in [0.25, 0.3) is 5.56 Å². The van der Waals surface area contributed by atoms with Gasteiger partial charge in [-0.15, -0.1) is 0 Å². The molecular formula is C23H26N2O5. The Morgan fingerprint density at radius 1 is 1.03 bits per heavy atom. The molecule has 1 heterocycles. The van der Waals surface area contributed by atoms with Crippen molar-refractivity contribution in [1.29, 1.82) is 0 Å².